The summed E-state index contributed by atoms with van der Waals surface area (Å²) >= 11 is 7.02. The lowest BCUT2D eigenvalue weighted by molar-refractivity contribution is -0.138. The fourth-order valence-electron chi connectivity index (χ4n) is 1.83. The maximum Gasteiger partial charge on any atom is 0.416 e. The number of ether oxygens (including phenoxy) is 1. The molecule has 0 radical (unpaired) electrons. The van der Waals surface area contributed by atoms with E-state index in [1.807, 2.05) is 18.4 Å². The molecular formula is C15H12ClF3OS. The zero-order valence-corrected chi connectivity index (χ0v) is 12.6. The molecule has 0 saturated heterocycles. The third-order valence-electron chi connectivity index (χ3n) is 2.83. The van der Waals surface area contributed by atoms with E-state index in [2.05, 4.69) is 0 Å². The van der Waals surface area contributed by atoms with Crippen LogP contribution in [0.2, 0.25) is 0 Å². The zero-order valence-electron chi connectivity index (χ0n) is 11.1. The number of hydrogen-bond donors (Lipinski definition) is 0. The van der Waals surface area contributed by atoms with Crippen LogP contribution >= 0.6 is 23.4 Å². The van der Waals surface area contributed by atoms with Crippen molar-refractivity contribution in [3.63, 3.8) is 0 Å². The molecule has 0 bridgehead atoms. The molecule has 0 atom stereocenters. The van der Waals surface area contributed by atoms with Gasteiger partial charge in [-0.2, -0.15) is 13.2 Å². The Hall–Kier alpha value is -1.33. The molecule has 0 aliphatic carbocycles. The highest BCUT2D eigenvalue weighted by Crippen LogP contribution is 2.37. The Labute approximate surface area is 130 Å². The lowest BCUT2D eigenvalue weighted by atomic mass is 10.1. The summed E-state index contributed by atoms with van der Waals surface area (Å²) in [5.74, 6) is 0.464. The predicted octanol–water partition coefficient (Wildman–Crippen LogP) is 5.96. The first-order valence-corrected chi connectivity index (χ1v) is 7.78. The molecule has 0 unspecified atom stereocenters. The first-order valence-electron chi connectivity index (χ1n) is 6.02. The Kier molecular flexibility index (Phi) is 5.06. The summed E-state index contributed by atoms with van der Waals surface area (Å²) in [7, 11) is 0. The molecule has 112 valence electrons. The van der Waals surface area contributed by atoms with Crippen molar-refractivity contribution in [3.8, 4) is 11.5 Å². The van der Waals surface area contributed by atoms with Crippen molar-refractivity contribution < 1.29 is 17.9 Å². The van der Waals surface area contributed by atoms with Crippen LogP contribution in [-0.2, 0) is 12.1 Å². The zero-order chi connectivity index (χ0) is 15.5. The summed E-state index contributed by atoms with van der Waals surface area (Å²) in [6.45, 7) is 0. The van der Waals surface area contributed by atoms with E-state index in [1.54, 1.807) is 12.1 Å². The van der Waals surface area contributed by atoms with Gasteiger partial charge in [-0.15, -0.1) is 23.4 Å². The largest absolute Gasteiger partial charge is 0.456 e. The fourth-order valence-corrected chi connectivity index (χ4v) is 2.59. The Morgan fingerprint density at radius 1 is 1.14 bits per heavy atom. The molecule has 2 aromatic carbocycles. The standard InChI is InChI=1S/C15H12ClF3OS/c1-21-14-5-3-2-4-13(14)20-11-7-6-10(9-16)12(8-11)15(17,18)19/h2-8H,9H2,1H3. The van der Waals surface area contributed by atoms with Gasteiger partial charge in [-0.25, -0.2) is 0 Å². The lowest BCUT2D eigenvalue weighted by Crippen LogP contribution is -2.08. The van der Waals surface area contributed by atoms with Gasteiger partial charge in [0.05, 0.1) is 5.56 Å². The van der Waals surface area contributed by atoms with Gasteiger partial charge in [-0.05, 0) is 36.1 Å². The van der Waals surface area contributed by atoms with Gasteiger partial charge in [0.25, 0.3) is 0 Å². The molecule has 0 aliphatic rings. The van der Waals surface area contributed by atoms with E-state index in [0.717, 1.165) is 11.0 Å². The SMILES string of the molecule is CSc1ccccc1Oc1ccc(CCl)c(C(F)(F)F)c1. The molecule has 2 aromatic rings. The van der Waals surface area contributed by atoms with Gasteiger partial charge >= 0.3 is 6.18 Å². The third-order valence-corrected chi connectivity index (χ3v) is 3.89. The molecule has 1 nitrogen and oxygen atoms in total. The second-order valence-corrected chi connectivity index (χ2v) is 5.32. The van der Waals surface area contributed by atoms with Crippen molar-refractivity contribution in [2.45, 2.75) is 17.0 Å². The molecule has 0 aromatic heterocycles. The molecule has 0 heterocycles. The van der Waals surface area contributed by atoms with Gasteiger partial charge in [0.15, 0.2) is 0 Å². The quantitative estimate of drug-likeness (QED) is 0.504. The molecule has 21 heavy (non-hydrogen) atoms. The summed E-state index contributed by atoms with van der Waals surface area (Å²) in [6.07, 6.45) is -2.58. The number of para-hydroxylation sites is 1. The van der Waals surface area contributed by atoms with E-state index in [0.29, 0.717) is 5.75 Å². The van der Waals surface area contributed by atoms with Crippen LogP contribution < -0.4 is 4.74 Å². The molecule has 0 spiro atoms. The number of halogens is 4. The van der Waals surface area contributed by atoms with E-state index in [-0.39, 0.29) is 17.2 Å². The summed E-state index contributed by atoms with van der Waals surface area (Å²) in [5.41, 5.74) is -0.730. The minimum atomic E-state index is -4.46. The topological polar surface area (TPSA) is 9.23 Å². The predicted molar refractivity (Wildman–Crippen MR) is 79.3 cm³/mol. The van der Waals surface area contributed by atoms with E-state index < -0.39 is 11.7 Å². The highest BCUT2D eigenvalue weighted by molar-refractivity contribution is 7.98. The fraction of sp³-hybridized carbons (Fsp3) is 0.200. The monoisotopic (exact) mass is 332 g/mol. The van der Waals surface area contributed by atoms with Crippen LogP contribution in [0.1, 0.15) is 11.1 Å². The normalized spacial score (nSPS) is 11.5. The molecular weight excluding hydrogens is 321 g/mol. The van der Waals surface area contributed by atoms with Gasteiger partial charge in [-0.3, -0.25) is 0 Å². The number of thioether (sulfide) groups is 1. The minimum absolute atomic E-state index is 0.0367. The number of hydrogen-bond acceptors (Lipinski definition) is 2. The van der Waals surface area contributed by atoms with Crippen LogP contribution in [0, 0.1) is 0 Å². The minimum Gasteiger partial charge on any atom is -0.456 e. The van der Waals surface area contributed by atoms with Gasteiger partial charge in [0.1, 0.15) is 11.5 Å². The second kappa shape index (κ2) is 6.62. The van der Waals surface area contributed by atoms with E-state index in [4.69, 9.17) is 16.3 Å². The molecule has 0 fully saturated rings. The Morgan fingerprint density at radius 2 is 1.86 bits per heavy atom. The summed E-state index contributed by atoms with van der Waals surface area (Å²) in [6, 6.07) is 11.0. The van der Waals surface area contributed by atoms with Gasteiger partial charge < -0.3 is 4.74 Å². The van der Waals surface area contributed by atoms with Crippen molar-refractivity contribution in [3.05, 3.63) is 53.6 Å². The van der Waals surface area contributed by atoms with Crippen molar-refractivity contribution >= 4 is 23.4 Å². The molecule has 6 heteroatoms. The van der Waals surface area contributed by atoms with E-state index >= 15 is 0 Å². The Balaban J connectivity index is 2.37. The van der Waals surface area contributed by atoms with Crippen LogP contribution in [0.4, 0.5) is 13.2 Å². The Bertz CT molecular complexity index is 629. The molecule has 0 amide bonds. The van der Waals surface area contributed by atoms with E-state index in [9.17, 15) is 13.2 Å². The number of rotatable bonds is 4. The highest BCUT2D eigenvalue weighted by atomic mass is 35.5. The first-order chi connectivity index (χ1) is 9.95. The van der Waals surface area contributed by atoms with Gasteiger partial charge in [-0.1, -0.05) is 18.2 Å². The average molecular weight is 333 g/mol. The van der Waals surface area contributed by atoms with Crippen molar-refractivity contribution in [2.24, 2.45) is 0 Å². The number of alkyl halides is 4. The summed E-state index contributed by atoms with van der Waals surface area (Å²) in [5, 5.41) is 0. The maximum absolute atomic E-state index is 13.0. The van der Waals surface area contributed by atoms with Crippen LogP contribution in [0.15, 0.2) is 47.4 Å². The van der Waals surface area contributed by atoms with Gasteiger partial charge in [0, 0.05) is 10.8 Å². The van der Waals surface area contributed by atoms with Gasteiger partial charge in [0.2, 0.25) is 0 Å². The van der Waals surface area contributed by atoms with E-state index in [1.165, 1.54) is 23.9 Å². The van der Waals surface area contributed by atoms with Crippen LogP contribution in [0.3, 0.4) is 0 Å². The van der Waals surface area contributed by atoms with Crippen LogP contribution in [0.5, 0.6) is 11.5 Å². The Morgan fingerprint density at radius 3 is 2.48 bits per heavy atom. The molecule has 2 rings (SSSR count). The van der Waals surface area contributed by atoms with Crippen LogP contribution in [-0.4, -0.2) is 6.26 Å². The molecule has 0 aliphatic heterocycles. The molecule has 0 N–H and O–H groups in total. The third kappa shape index (κ3) is 3.86. The molecule has 0 saturated carbocycles. The lowest BCUT2D eigenvalue weighted by Gasteiger charge is -2.14. The second-order valence-electron chi connectivity index (χ2n) is 4.20. The van der Waals surface area contributed by atoms with Crippen molar-refractivity contribution in [1.29, 1.82) is 0 Å². The first kappa shape index (κ1) is 16.0. The average Bonchev–Trinajstić information content (AvgIpc) is 2.47. The summed E-state index contributed by atoms with van der Waals surface area (Å²) in [4.78, 5) is 0.854. The van der Waals surface area contributed by atoms with Crippen LogP contribution in [0.25, 0.3) is 0 Å². The number of benzene rings is 2. The van der Waals surface area contributed by atoms with Crippen molar-refractivity contribution in [1.82, 2.24) is 0 Å². The summed E-state index contributed by atoms with van der Waals surface area (Å²) < 4.78 is 44.5. The van der Waals surface area contributed by atoms with Crippen molar-refractivity contribution in [2.75, 3.05) is 6.26 Å². The smallest absolute Gasteiger partial charge is 0.416 e. The highest BCUT2D eigenvalue weighted by Gasteiger charge is 2.33. The maximum atomic E-state index is 13.0.